The number of aromatic nitrogens is 1. The molecule has 2 heterocycles. The van der Waals surface area contributed by atoms with Crippen LogP contribution in [0.1, 0.15) is 45.2 Å². The fraction of sp³-hybridized carbons (Fsp3) is 0.257. The van der Waals surface area contributed by atoms with Crippen molar-refractivity contribution < 1.29 is 19.1 Å². The third-order valence-corrected chi connectivity index (χ3v) is 7.81. The Morgan fingerprint density at radius 3 is 2.31 bits per heavy atom. The first kappa shape index (κ1) is 31.2. The predicted octanol–water partition coefficient (Wildman–Crippen LogP) is 5.49. The van der Waals surface area contributed by atoms with Crippen LogP contribution in [0.5, 0.6) is 0 Å². The van der Waals surface area contributed by atoms with Gasteiger partial charge < -0.3 is 30.2 Å². The molecule has 1 aliphatic rings. The molecule has 0 atom stereocenters. The lowest BCUT2D eigenvalue weighted by atomic mass is 9.99. The largest absolute Gasteiger partial charge is 0.378 e. The normalized spacial score (nSPS) is 12.8. The monoisotopic (exact) mass is 607 g/mol. The van der Waals surface area contributed by atoms with Gasteiger partial charge in [-0.2, -0.15) is 0 Å². The smallest absolute Gasteiger partial charge is 0.274 e. The van der Waals surface area contributed by atoms with E-state index in [1.54, 1.807) is 61.5 Å². The van der Waals surface area contributed by atoms with Crippen LogP contribution in [0.15, 0.2) is 77.7 Å². The van der Waals surface area contributed by atoms with Crippen LogP contribution in [-0.4, -0.2) is 53.5 Å². The van der Waals surface area contributed by atoms with Gasteiger partial charge >= 0.3 is 0 Å². The molecule has 0 aliphatic carbocycles. The summed E-state index contributed by atoms with van der Waals surface area (Å²) in [7, 11) is 1.67. The van der Waals surface area contributed by atoms with E-state index >= 15 is 0 Å². The number of ether oxygens (including phenoxy) is 1. The van der Waals surface area contributed by atoms with Gasteiger partial charge in [-0.3, -0.25) is 19.2 Å². The number of hydrogen-bond donors (Lipinski definition) is 3. The summed E-state index contributed by atoms with van der Waals surface area (Å²) in [5, 5.41) is 9.04. The molecule has 0 unspecified atom stereocenters. The highest BCUT2D eigenvalue weighted by molar-refractivity contribution is 6.05. The number of carbonyl (C=O) groups is 3. The number of carbonyl (C=O) groups excluding carboxylic acids is 3. The Bertz CT molecular complexity index is 1810. The fourth-order valence-corrected chi connectivity index (χ4v) is 5.17. The Kier molecular flexibility index (Phi) is 9.44. The second-order valence-electron chi connectivity index (χ2n) is 11.0. The van der Waals surface area contributed by atoms with Crippen molar-refractivity contribution in [2.75, 3.05) is 42.3 Å². The average molecular weight is 608 g/mol. The molecule has 1 saturated heterocycles. The molecule has 4 aromatic rings. The van der Waals surface area contributed by atoms with Crippen molar-refractivity contribution in [3.05, 3.63) is 106 Å². The molecule has 1 aromatic heterocycles. The summed E-state index contributed by atoms with van der Waals surface area (Å²) in [5.41, 5.74) is 6.07. The number of rotatable bonds is 8. The number of amides is 3. The third kappa shape index (κ3) is 7.13. The maximum absolute atomic E-state index is 13.3. The lowest BCUT2D eigenvalue weighted by molar-refractivity contribution is -0.115. The van der Waals surface area contributed by atoms with Crippen molar-refractivity contribution in [1.29, 1.82) is 0 Å². The van der Waals surface area contributed by atoms with Crippen LogP contribution in [0.2, 0.25) is 0 Å². The Balaban J connectivity index is 1.45. The van der Waals surface area contributed by atoms with Gasteiger partial charge in [-0.05, 0) is 67.4 Å². The molecule has 5 rings (SSSR count). The Morgan fingerprint density at radius 2 is 1.60 bits per heavy atom. The molecule has 0 bridgehead atoms. The van der Waals surface area contributed by atoms with Gasteiger partial charge in [-0.15, -0.1) is 0 Å². The van der Waals surface area contributed by atoms with Crippen LogP contribution in [0.3, 0.4) is 0 Å². The minimum atomic E-state index is -0.257. The summed E-state index contributed by atoms with van der Waals surface area (Å²) in [6.07, 6.45) is 1.99. The molecule has 0 radical (unpaired) electrons. The molecule has 10 nitrogen and oxygen atoms in total. The molecule has 0 spiro atoms. The van der Waals surface area contributed by atoms with E-state index in [4.69, 9.17) is 4.74 Å². The van der Waals surface area contributed by atoms with Gasteiger partial charge in [0.2, 0.25) is 5.91 Å². The van der Waals surface area contributed by atoms with E-state index in [9.17, 15) is 19.2 Å². The number of pyridine rings is 1. The van der Waals surface area contributed by atoms with E-state index in [2.05, 4.69) is 16.0 Å². The average Bonchev–Trinajstić information content (AvgIpc) is 3.04. The van der Waals surface area contributed by atoms with E-state index in [1.165, 1.54) is 4.57 Å². The molecule has 3 amide bonds. The van der Waals surface area contributed by atoms with E-state index in [1.807, 2.05) is 44.2 Å². The van der Waals surface area contributed by atoms with Crippen LogP contribution in [-0.2, 0) is 16.6 Å². The second kappa shape index (κ2) is 13.6. The zero-order chi connectivity index (χ0) is 32.1. The lowest BCUT2D eigenvalue weighted by Gasteiger charge is -2.27. The summed E-state index contributed by atoms with van der Waals surface area (Å²) in [5.74, 6) is -0.635. The highest BCUT2D eigenvalue weighted by Gasteiger charge is 2.22. The van der Waals surface area contributed by atoms with Crippen molar-refractivity contribution in [3.63, 3.8) is 0 Å². The summed E-state index contributed by atoms with van der Waals surface area (Å²) >= 11 is 0. The molecular formula is C35H37N5O5. The number of morpholine rings is 1. The van der Waals surface area contributed by atoms with E-state index in [0.29, 0.717) is 60.2 Å². The van der Waals surface area contributed by atoms with Gasteiger partial charge in [-0.1, -0.05) is 36.8 Å². The Labute approximate surface area is 262 Å². The number of benzene rings is 3. The molecule has 3 aromatic carbocycles. The van der Waals surface area contributed by atoms with Crippen molar-refractivity contribution >= 4 is 40.5 Å². The lowest BCUT2D eigenvalue weighted by Crippen LogP contribution is -2.41. The number of nitrogens with one attached hydrogen (secondary N) is 3. The molecule has 0 saturated carbocycles. The maximum atomic E-state index is 13.3. The fourth-order valence-electron chi connectivity index (χ4n) is 5.17. The van der Waals surface area contributed by atoms with Crippen LogP contribution in [0.25, 0.3) is 11.1 Å². The Hall–Kier alpha value is -5.22. The van der Waals surface area contributed by atoms with E-state index in [0.717, 1.165) is 22.3 Å². The summed E-state index contributed by atoms with van der Waals surface area (Å²) < 4.78 is 6.87. The van der Waals surface area contributed by atoms with Crippen molar-refractivity contribution in [2.24, 2.45) is 7.05 Å². The summed E-state index contributed by atoms with van der Waals surface area (Å²) in [4.78, 5) is 53.5. The van der Waals surface area contributed by atoms with Crippen molar-refractivity contribution in [3.8, 4) is 11.1 Å². The Morgan fingerprint density at radius 1 is 0.867 bits per heavy atom. The van der Waals surface area contributed by atoms with Crippen LogP contribution in [0.4, 0.5) is 22.7 Å². The maximum Gasteiger partial charge on any atom is 0.274 e. The SMILES string of the molecule is CCC(=O)Nc1cc(Nc2cc(-c3cccc(NC(=O)c4ccc(C)cc4)c3C)cn(C)c2=O)ccc1C(=O)N1CCOCC1. The molecule has 232 valence electrons. The van der Waals surface area contributed by atoms with Crippen LogP contribution in [0, 0.1) is 13.8 Å². The van der Waals surface area contributed by atoms with Crippen molar-refractivity contribution in [1.82, 2.24) is 9.47 Å². The summed E-state index contributed by atoms with van der Waals surface area (Å²) in [6, 6.07) is 19.8. The minimum Gasteiger partial charge on any atom is -0.378 e. The zero-order valence-electron chi connectivity index (χ0n) is 25.9. The van der Waals surface area contributed by atoms with Gasteiger partial charge in [0.05, 0.1) is 24.5 Å². The predicted molar refractivity (Wildman–Crippen MR) is 176 cm³/mol. The van der Waals surface area contributed by atoms with Gasteiger partial charge in [0.1, 0.15) is 5.69 Å². The summed E-state index contributed by atoms with van der Waals surface area (Å²) in [6.45, 7) is 7.49. The quantitative estimate of drug-likeness (QED) is 0.244. The topological polar surface area (TPSA) is 122 Å². The highest BCUT2D eigenvalue weighted by atomic mass is 16.5. The van der Waals surface area contributed by atoms with E-state index in [-0.39, 0.29) is 29.7 Å². The second-order valence-corrected chi connectivity index (χ2v) is 11.0. The van der Waals surface area contributed by atoms with Crippen LogP contribution >= 0.6 is 0 Å². The van der Waals surface area contributed by atoms with Gasteiger partial charge in [0.15, 0.2) is 0 Å². The first-order chi connectivity index (χ1) is 21.6. The van der Waals surface area contributed by atoms with Gasteiger partial charge in [0.25, 0.3) is 17.4 Å². The molecule has 1 fully saturated rings. The van der Waals surface area contributed by atoms with Crippen LogP contribution < -0.4 is 21.5 Å². The molecule has 10 heteroatoms. The molecule has 1 aliphatic heterocycles. The minimum absolute atomic E-state index is 0.195. The molecule has 3 N–H and O–H groups in total. The first-order valence-corrected chi connectivity index (χ1v) is 14.9. The number of hydrogen-bond acceptors (Lipinski definition) is 6. The van der Waals surface area contributed by atoms with E-state index < -0.39 is 0 Å². The molecular weight excluding hydrogens is 570 g/mol. The van der Waals surface area contributed by atoms with Gasteiger partial charge in [-0.25, -0.2) is 0 Å². The highest BCUT2D eigenvalue weighted by Crippen LogP contribution is 2.31. The van der Waals surface area contributed by atoms with Crippen molar-refractivity contribution in [2.45, 2.75) is 27.2 Å². The molecule has 45 heavy (non-hydrogen) atoms. The first-order valence-electron chi connectivity index (χ1n) is 14.9. The number of nitrogens with zero attached hydrogens (tertiary/aromatic N) is 2. The number of aryl methyl sites for hydroxylation is 2. The standard InChI is InChI=1S/C35H37N5O5/c1-5-32(41)37-30-20-26(13-14-28(30)34(43)40-15-17-45-18-16-40)36-31-19-25(21-39(4)35(31)44)27-7-6-8-29(23(27)3)38-33(42)24-11-9-22(2)10-12-24/h6-14,19-21,36H,5,15-18H2,1-4H3,(H,37,41)(H,38,42). The zero-order valence-corrected chi connectivity index (χ0v) is 25.9. The third-order valence-electron chi connectivity index (χ3n) is 7.81. The van der Waals surface area contributed by atoms with Gasteiger partial charge in [0, 0.05) is 55.3 Å². The number of anilines is 4.